The number of sulfonamides is 1. The van der Waals surface area contributed by atoms with Gasteiger partial charge in [0, 0.05) is 30.0 Å². The zero-order valence-electron chi connectivity index (χ0n) is 32.5. The number of nitrogens with zero attached hydrogens (tertiary/aromatic N) is 3. The number of carbonyl (C=O) groups is 4. The second kappa shape index (κ2) is 15.3. The van der Waals surface area contributed by atoms with Crippen molar-refractivity contribution < 1.29 is 60.1 Å². The van der Waals surface area contributed by atoms with E-state index in [9.17, 15) is 45.9 Å². The molecule has 2 aromatic rings. The standard InChI is InChI=1S/C38H48F3N5O10S/c1-20-9-7-8-10-22-18-38(22,34(49)44-57(52,53)37(5)12-13-37)43-30(47)27-17-24(56-31-26-15-23(39)16-28(54-6)25(26)11-14-42-31)19-45(27)32(48)29(21(2)55-20)46(35(50)51)36(3,4)33(40)41/h8,10-11,14-16,20-22,24,27,29,33H,7,9,12-13,17-19H2,1-6H3,(H,43,47)(H,44,49)(H,50,51)/b10-8-/t20-,21+,22-,24-,27+,29+,38-/m1/s1. The molecule has 1 aromatic heterocycles. The van der Waals surface area contributed by atoms with Gasteiger partial charge in [-0.2, -0.15) is 0 Å². The van der Waals surface area contributed by atoms with Crippen molar-refractivity contribution in [2.75, 3.05) is 13.7 Å². The van der Waals surface area contributed by atoms with E-state index in [4.69, 9.17) is 14.2 Å². The minimum absolute atomic E-state index is 0.0301. The number of aromatic nitrogens is 1. The third-order valence-corrected chi connectivity index (χ3v) is 13.8. The predicted octanol–water partition coefficient (Wildman–Crippen LogP) is 4.14. The van der Waals surface area contributed by atoms with Crippen LogP contribution in [0.4, 0.5) is 18.0 Å². The Morgan fingerprint density at radius 1 is 1.19 bits per heavy atom. The first-order chi connectivity index (χ1) is 26.7. The lowest BCUT2D eigenvalue weighted by Crippen LogP contribution is -2.66. The van der Waals surface area contributed by atoms with E-state index in [1.165, 1.54) is 39.3 Å². The number of benzene rings is 1. The highest BCUT2D eigenvalue weighted by Gasteiger charge is 2.63. The van der Waals surface area contributed by atoms with Gasteiger partial charge in [0.25, 0.3) is 12.3 Å². The number of carbonyl (C=O) groups excluding carboxylic acids is 3. The molecule has 3 fully saturated rings. The quantitative estimate of drug-likeness (QED) is 0.308. The van der Waals surface area contributed by atoms with E-state index in [2.05, 4.69) is 15.0 Å². The van der Waals surface area contributed by atoms with Gasteiger partial charge in [-0.1, -0.05) is 12.2 Å². The third kappa shape index (κ3) is 7.96. The van der Waals surface area contributed by atoms with Gasteiger partial charge in [0.15, 0.2) is 0 Å². The lowest BCUT2D eigenvalue weighted by Gasteiger charge is -2.44. The van der Waals surface area contributed by atoms with Crippen LogP contribution in [0.25, 0.3) is 10.8 Å². The fraction of sp³-hybridized carbons (Fsp3) is 0.605. The zero-order chi connectivity index (χ0) is 41.8. The van der Waals surface area contributed by atoms with E-state index in [1.54, 1.807) is 25.1 Å². The Kier molecular flexibility index (Phi) is 11.2. The number of amides is 4. The molecule has 7 atom stereocenters. The van der Waals surface area contributed by atoms with Crippen LogP contribution in [0.2, 0.25) is 0 Å². The normalized spacial score (nSPS) is 29.6. The maximum absolute atomic E-state index is 14.9. The molecule has 1 saturated heterocycles. The lowest BCUT2D eigenvalue weighted by atomic mass is 9.97. The van der Waals surface area contributed by atoms with E-state index in [-0.39, 0.29) is 29.9 Å². The Hall–Kier alpha value is -4.65. The van der Waals surface area contributed by atoms with Crippen LogP contribution in [0.5, 0.6) is 11.6 Å². The molecule has 2 aliphatic heterocycles. The molecule has 2 aliphatic carbocycles. The molecule has 0 unspecified atom stereocenters. The highest BCUT2D eigenvalue weighted by Crippen LogP contribution is 2.48. The Labute approximate surface area is 328 Å². The van der Waals surface area contributed by atoms with Gasteiger partial charge in [0.05, 0.1) is 36.0 Å². The second-order valence-electron chi connectivity index (χ2n) is 16.2. The first-order valence-corrected chi connectivity index (χ1v) is 20.2. The molecular weight excluding hydrogens is 776 g/mol. The van der Waals surface area contributed by atoms with Crippen molar-refractivity contribution in [2.24, 2.45) is 5.92 Å². The van der Waals surface area contributed by atoms with Crippen LogP contribution in [-0.4, -0.2) is 118 Å². The molecule has 4 amide bonds. The lowest BCUT2D eigenvalue weighted by molar-refractivity contribution is -0.155. The van der Waals surface area contributed by atoms with E-state index in [0.717, 1.165) is 18.7 Å². The van der Waals surface area contributed by atoms with Crippen molar-refractivity contribution in [3.8, 4) is 11.6 Å². The molecule has 0 radical (unpaired) electrons. The topological polar surface area (TPSA) is 194 Å². The van der Waals surface area contributed by atoms with Crippen LogP contribution in [-0.2, 0) is 29.1 Å². The second-order valence-corrected chi connectivity index (χ2v) is 18.4. The highest BCUT2D eigenvalue weighted by atomic mass is 32.2. The summed E-state index contributed by atoms with van der Waals surface area (Å²) in [4.78, 5) is 61.8. The van der Waals surface area contributed by atoms with Gasteiger partial charge in [-0.15, -0.1) is 0 Å². The summed E-state index contributed by atoms with van der Waals surface area (Å²) >= 11 is 0. The molecule has 57 heavy (non-hydrogen) atoms. The minimum Gasteiger partial charge on any atom is -0.496 e. The monoisotopic (exact) mass is 823 g/mol. The number of carboxylic acid groups (broad SMARTS) is 1. The number of nitrogens with one attached hydrogen (secondary N) is 2. The Balaban J connectivity index is 1.42. The van der Waals surface area contributed by atoms with Crippen molar-refractivity contribution in [3.63, 3.8) is 0 Å². The highest BCUT2D eigenvalue weighted by molar-refractivity contribution is 7.91. The minimum atomic E-state index is -4.13. The number of methoxy groups -OCH3 is 1. The van der Waals surface area contributed by atoms with E-state index in [0.29, 0.717) is 36.0 Å². The number of pyridine rings is 1. The van der Waals surface area contributed by atoms with Crippen molar-refractivity contribution in [2.45, 2.75) is 126 Å². The van der Waals surface area contributed by atoms with Gasteiger partial charge in [-0.05, 0) is 78.9 Å². The van der Waals surface area contributed by atoms with Crippen LogP contribution < -0.4 is 19.5 Å². The smallest absolute Gasteiger partial charge is 0.408 e. The summed E-state index contributed by atoms with van der Waals surface area (Å²) in [6.07, 6.45) is -2.10. The molecule has 0 bridgehead atoms. The number of allylic oxidation sites excluding steroid dienone is 1. The maximum Gasteiger partial charge on any atom is 0.408 e. The summed E-state index contributed by atoms with van der Waals surface area (Å²) < 4.78 is 89.0. The summed E-state index contributed by atoms with van der Waals surface area (Å²) in [5, 5.41) is 13.8. The first-order valence-electron chi connectivity index (χ1n) is 18.8. The van der Waals surface area contributed by atoms with E-state index in [1.807, 2.05) is 0 Å². The van der Waals surface area contributed by atoms with Crippen LogP contribution in [0.3, 0.4) is 0 Å². The van der Waals surface area contributed by atoms with E-state index < -0.39 is 105 Å². The molecule has 3 N–H and O–H groups in total. The van der Waals surface area contributed by atoms with E-state index >= 15 is 0 Å². The van der Waals surface area contributed by atoms with Crippen molar-refractivity contribution in [1.82, 2.24) is 24.8 Å². The Bertz CT molecular complexity index is 2080. The van der Waals surface area contributed by atoms with Crippen LogP contribution in [0, 0.1) is 11.7 Å². The van der Waals surface area contributed by atoms with Crippen molar-refractivity contribution in [3.05, 3.63) is 42.4 Å². The maximum atomic E-state index is 14.9. The van der Waals surface area contributed by atoms with Crippen LogP contribution in [0.1, 0.15) is 73.1 Å². The van der Waals surface area contributed by atoms with Crippen molar-refractivity contribution in [1.29, 1.82) is 0 Å². The SMILES string of the molecule is COc1cc(F)cc2c(O[C@@H]3C[C@H]4C(=O)N[C@]5(C(=O)NS(=O)(=O)C6(C)CC6)C[C@H]5/C=C\CC[C@@H](C)O[C@@H](C)[C@H](N(C(=O)O)C(C)(C)C(F)F)C(=O)N4C3)nccc12. The predicted molar refractivity (Wildman–Crippen MR) is 199 cm³/mol. The van der Waals surface area contributed by atoms with Gasteiger partial charge < -0.3 is 29.5 Å². The van der Waals surface area contributed by atoms with Crippen LogP contribution >= 0.6 is 0 Å². The number of alkyl halides is 2. The Morgan fingerprint density at radius 2 is 1.89 bits per heavy atom. The van der Waals surface area contributed by atoms with Gasteiger partial charge in [-0.25, -0.2) is 31.4 Å². The summed E-state index contributed by atoms with van der Waals surface area (Å²) in [7, 11) is -2.77. The number of halogens is 3. The Morgan fingerprint density at radius 3 is 2.53 bits per heavy atom. The van der Waals surface area contributed by atoms with Gasteiger partial charge in [0.1, 0.15) is 40.8 Å². The largest absolute Gasteiger partial charge is 0.496 e. The van der Waals surface area contributed by atoms with Gasteiger partial charge >= 0.3 is 6.09 Å². The molecule has 6 rings (SSSR count). The molecular formula is C38H48F3N5O10S. The number of fused-ring (bicyclic) bond motifs is 3. The zero-order valence-corrected chi connectivity index (χ0v) is 33.3. The fourth-order valence-corrected chi connectivity index (χ4v) is 8.99. The van der Waals surface area contributed by atoms with Gasteiger partial charge in [0.2, 0.25) is 27.7 Å². The average molecular weight is 824 g/mol. The summed E-state index contributed by atoms with van der Waals surface area (Å²) in [6.45, 7) is 6.11. The molecule has 312 valence electrons. The average Bonchev–Trinajstić information content (AvgIpc) is 4.01. The molecule has 1 aromatic carbocycles. The first kappa shape index (κ1) is 42.0. The molecule has 15 nitrogen and oxygen atoms in total. The third-order valence-electron chi connectivity index (χ3n) is 11.6. The number of hydrogen-bond acceptors (Lipinski definition) is 10. The molecule has 3 heterocycles. The number of rotatable bonds is 9. The summed E-state index contributed by atoms with van der Waals surface area (Å²) in [6, 6.07) is 0.498. The molecule has 4 aliphatic rings. The number of hydrogen-bond donors (Lipinski definition) is 3. The van der Waals surface area contributed by atoms with Gasteiger partial charge in [-0.3, -0.25) is 24.0 Å². The number of ether oxygens (including phenoxy) is 3. The summed E-state index contributed by atoms with van der Waals surface area (Å²) in [5.41, 5.74) is -4.15. The summed E-state index contributed by atoms with van der Waals surface area (Å²) in [5.74, 6) is -4.11. The van der Waals surface area contributed by atoms with Crippen molar-refractivity contribution >= 4 is 44.6 Å². The molecule has 0 spiro atoms. The molecule has 19 heteroatoms. The van der Waals surface area contributed by atoms with Crippen LogP contribution in [0.15, 0.2) is 36.5 Å². The molecule has 2 saturated carbocycles. The fourth-order valence-electron chi connectivity index (χ4n) is 7.67.